The summed E-state index contributed by atoms with van der Waals surface area (Å²) in [7, 11) is 0. The average molecular weight is 188 g/mol. The van der Waals surface area contributed by atoms with Gasteiger partial charge in [-0.05, 0) is 27.7 Å². The summed E-state index contributed by atoms with van der Waals surface area (Å²) in [6, 6.07) is 0.0693. The highest BCUT2D eigenvalue weighted by Gasteiger charge is 2.17. The average Bonchev–Trinajstić information content (AvgIpc) is 1.81. The number of carbonyl (C=O) groups excluding carboxylic acids is 1. The quantitative estimate of drug-likeness (QED) is 0.501. The van der Waals surface area contributed by atoms with E-state index in [2.05, 4.69) is 5.32 Å². The largest absolute Gasteiger partial charge is 0.460 e. The highest BCUT2D eigenvalue weighted by atomic mass is 16.6. The van der Waals surface area contributed by atoms with Gasteiger partial charge < -0.3 is 15.8 Å². The first-order valence-electron chi connectivity index (χ1n) is 4.50. The van der Waals surface area contributed by atoms with Crippen LogP contribution >= 0.6 is 0 Å². The van der Waals surface area contributed by atoms with Gasteiger partial charge in [-0.25, -0.2) is 0 Å². The van der Waals surface area contributed by atoms with Gasteiger partial charge in [0.05, 0.1) is 6.42 Å². The normalized spacial score (nSPS) is 13.9. The molecular formula is C9H20N2O2. The number of carbonyl (C=O) groups is 1. The van der Waals surface area contributed by atoms with Crippen LogP contribution in [0, 0.1) is 0 Å². The van der Waals surface area contributed by atoms with Crippen molar-refractivity contribution in [3.8, 4) is 0 Å². The van der Waals surface area contributed by atoms with Gasteiger partial charge >= 0.3 is 5.97 Å². The van der Waals surface area contributed by atoms with Gasteiger partial charge in [0.2, 0.25) is 0 Å². The molecule has 0 spiro atoms. The number of ether oxygens (including phenoxy) is 1. The first-order valence-corrected chi connectivity index (χ1v) is 4.50. The van der Waals surface area contributed by atoms with E-state index in [0.717, 1.165) is 0 Å². The van der Waals surface area contributed by atoms with Crippen molar-refractivity contribution in [1.82, 2.24) is 5.32 Å². The highest BCUT2D eigenvalue weighted by Crippen LogP contribution is 2.08. The molecule has 0 aliphatic rings. The number of nitrogens with two attached hydrogens (primary N) is 1. The van der Waals surface area contributed by atoms with E-state index in [-0.39, 0.29) is 12.0 Å². The molecule has 0 aliphatic carbocycles. The molecule has 3 N–H and O–H groups in total. The third-order valence-corrected chi connectivity index (χ3v) is 1.36. The molecule has 0 bridgehead atoms. The lowest BCUT2D eigenvalue weighted by atomic mass is 10.2. The topological polar surface area (TPSA) is 64.3 Å². The Bertz CT molecular complexity index is 163. The van der Waals surface area contributed by atoms with Crippen LogP contribution in [0.25, 0.3) is 0 Å². The van der Waals surface area contributed by atoms with Gasteiger partial charge in [-0.3, -0.25) is 4.79 Å². The summed E-state index contributed by atoms with van der Waals surface area (Å²) in [5, 5.41) is 2.94. The Balaban J connectivity index is 3.74. The summed E-state index contributed by atoms with van der Waals surface area (Å²) in [6.45, 7) is 7.84. The fraction of sp³-hybridized carbons (Fsp3) is 0.889. The SMILES string of the molecule is CC(CC(=O)OC(C)(C)C)NCN. The lowest BCUT2D eigenvalue weighted by Crippen LogP contribution is -2.35. The van der Waals surface area contributed by atoms with E-state index in [9.17, 15) is 4.79 Å². The van der Waals surface area contributed by atoms with Crippen LogP contribution in [0.3, 0.4) is 0 Å². The molecule has 13 heavy (non-hydrogen) atoms. The molecular weight excluding hydrogens is 168 g/mol. The third-order valence-electron chi connectivity index (χ3n) is 1.36. The van der Waals surface area contributed by atoms with Crippen molar-refractivity contribution in [2.24, 2.45) is 5.73 Å². The smallest absolute Gasteiger partial charge is 0.307 e. The number of nitrogens with one attached hydrogen (secondary N) is 1. The Morgan fingerprint density at radius 3 is 2.46 bits per heavy atom. The second-order valence-corrected chi connectivity index (χ2v) is 4.10. The van der Waals surface area contributed by atoms with Crippen LogP contribution in [0.4, 0.5) is 0 Å². The second kappa shape index (κ2) is 5.19. The van der Waals surface area contributed by atoms with Gasteiger partial charge in [0.25, 0.3) is 0 Å². The minimum atomic E-state index is -0.403. The molecule has 0 aromatic rings. The van der Waals surface area contributed by atoms with Crippen molar-refractivity contribution in [3.05, 3.63) is 0 Å². The molecule has 78 valence electrons. The van der Waals surface area contributed by atoms with E-state index < -0.39 is 5.60 Å². The Hall–Kier alpha value is -0.610. The Kier molecular flexibility index (Phi) is 4.95. The number of rotatable bonds is 4. The van der Waals surface area contributed by atoms with Crippen molar-refractivity contribution >= 4 is 5.97 Å². The van der Waals surface area contributed by atoms with Crippen LogP contribution in [0.5, 0.6) is 0 Å². The molecule has 1 atom stereocenters. The summed E-state index contributed by atoms with van der Waals surface area (Å²) >= 11 is 0. The van der Waals surface area contributed by atoms with Crippen LogP contribution < -0.4 is 11.1 Å². The zero-order chi connectivity index (χ0) is 10.5. The summed E-state index contributed by atoms with van der Waals surface area (Å²) in [4.78, 5) is 11.2. The monoisotopic (exact) mass is 188 g/mol. The van der Waals surface area contributed by atoms with Gasteiger partial charge in [-0.1, -0.05) is 0 Å². The van der Waals surface area contributed by atoms with Gasteiger partial charge in [0.15, 0.2) is 0 Å². The van der Waals surface area contributed by atoms with E-state index in [1.807, 2.05) is 27.7 Å². The van der Waals surface area contributed by atoms with Gasteiger partial charge in [0, 0.05) is 12.7 Å². The fourth-order valence-corrected chi connectivity index (χ4v) is 0.907. The van der Waals surface area contributed by atoms with Crippen LogP contribution in [0.15, 0.2) is 0 Å². The number of esters is 1. The van der Waals surface area contributed by atoms with Crippen LogP contribution in [0.2, 0.25) is 0 Å². The first kappa shape index (κ1) is 12.4. The zero-order valence-electron chi connectivity index (χ0n) is 8.89. The highest BCUT2D eigenvalue weighted by molar-refractivity contribution is 5.70. The molecule has 4 heteroatoms. The Morgan fingerprint density at radius 2 is 2.08 bits per heavy atom. The Morgan fingerprint density at radius 1 is 1.54 bits per heavy atom. The molecule has 1 unspecified atom stereocenters. The predicted molar refractivity (Wildman–Crippen MR) is 52.1 cm³/mol. The zero-order valence-corrected chi connectivity index (χ0v) is 8.89. The lowest BCUT2D eigenvalue weighted by Gasteiger charge is -2.21. The predicted octanol–water partition coefficient (Wildman–Crippen LogP) is 0.613. The molecule has 0 fully saturated rings. The molecule has 0 aromatic carbocycles. The van der Waals surface area contributed by atoms with Crippen LogP contribution in [-0.4, -0.2) is 24.3 Å². The molecule has 0 aromatic heterocycles. The van der Waals surface area contributed by atoms with Crippen molar-refractivity contribution < 1.29 is 9.53 Å². The Labute approximate surface area is 79.8 Å². The van der Waals surface area contributed by atoms with E-state index in [4.69, 9.17) is 10.5 Å². The maximum atomic E-state index is 11.2. The minimum Gasteiger partial charge on any atom is -0.460 e. The van der Waals surface area contributed by atoms with E-state index in [0.29, 0.717) is 13.1 Å². The summed E-state index contributed by atoms with van der Waals surface area (Å²) in [6.07, 6.45) is 0.356. The van der Waals surface area contributed by atoms with Gasteiger partial charge in [0.1, 0.15) is 5.60 Å². The van der Waals surface area contributed by atoms with Crippen molar-refractivity contribution in [2.75, 3.05) is 6.67 Å². The molecule has 0 rings (SSSR count). The molecule has 4 nitrogen and oxygen atoms in total. The molecule has 0 saturated carbocycles. The van der Waals surface area contributed by atoms with E-state index in [1.165, 1.54) is 0 Å². The number of hydrogen-bond acceptors (Lipinski definition) is 4. The maximum absolute atomic E-state index is 11.2. The van der Waals surface area contributed by atoms with Crippen molar-refractivity contribution in [3.63, 3.8) is 0 Å². The molecule has 0 aliphatic heterocycles. The molecule has 0 radical (unpaired) electrons. The third kappa shape index (κ3) is 7.74. The lowest BCUT2D eigenvalue weighted by molar-refractivity contribution is -0.155. The second-order valence-electron chi connectivity index (χ2n) is 4.10. The van der Waals surface area contributed by atoms with Gasteiger partial charge in [-0.2, -0.15) is 0 Å². The minimum absolute atomic E-state index is 0.0693. The number of hydrogen-bond donors (Lipinski definition) is 2. The first-order chi connectivity index (χ1) is 5.85. The van der Waals surface area contributed by atoms with Crippen molar-refractivity contribution in [1.29, 1.82) is 0 Å². The molecule has 0 heterocycles. The van der Waals surface area contributed by atoms with E-state index >= 15 is 0 Å². The molecule has 0 saturated heterocycles. The summed E-state index contributed by atoms with van der Waals surface area (Å²) < 4.78 is 5.13. The fourth-order valence-electron chi connectivity index (χ4n) is 0.907. The summed E-state index contributed by atoms with van der Waals surface area (Å²) in [5.74, 6) is -0.194. The standard InChI is InChI=1S/C9H20N2O2/c1-7(11-6-10)5-8(12)13-9(2,3)4/h7,11H,5-6,10H2,1-4H3. The van der Waals surface area contributed by atoms with Crippen LogP contribution in [-0.2, 0) is 9.53 Å². The van der Waals surface area contributed by atoms with E-state index in [1.54, 1.807) is 0 Å². The van der Waals surface area contributed by atoms with Gasteiger partial charge in [-0.15, -0.1) is 0 Å². The summed E-state index contributed by atoms with van der Waals surface area (Å²) in [5.41, 5.74) is 4.87. The van der Waals surface area contributed by atoms with Crippen LogP contribution in [0.1, 0.15) is 34.1 Å². The van der Waals surface area contributed by atoms with Crippen molar-refractivity contribution in [2.45, 2.75) is 45.8 Å². The molecule has 0 amide bonds. The maximum Gasteiger partial charge on any atom is 0.307 e.